The van der Waals surface area contributed by atoms with Crippen LogP contribution in [0.5, 0.6) is 0 Å². The molecule has 0 aliphatic carbocycles. The highest BCUT2D eigenvalue weighted by molar-refractivity contribution is 5.90. The summed E-state index contributed by atoms with van der Waals surface area (Å²) in [5.74, 6) is 0. The topological polar surface area (TPSA) is 9.72 Å². The summed E-state index contributed by atoms with van der Waals surface area (Å²) in [5.41, 5.74) is 14.3. The Morgan fingerprint density at radius 2 is 0.534 bits per heavy atom. The molecule has 0 bridgehead atoms. The van der Waals surface area contributed by atoms with Crippen LogP contribution in [0.4, 0.5) is 51.2 Å². The molecule has 0 N–H and O–H groups in total. The minimum absolute atomic E-state index is 0.649. The molecule has 0 saturated carbocycles. The van der Waals surface area contributed by atoms with Crippen molar-refractivity contribution in [3.05, 3.63) is 271 Å². The summed E-state index contributed by atoms with van der Waals surface area (Å²) in [4.78, 5) is 7.07. The number of hydrogen-bond acceptors (Lipinski definition) is 3. The van der Waals surface area contributed by atoms with Gasteiger partial charge < -0.3 is 14.7 Å². The fourth-order valence-corrected chi connectivity index (χ4v) is 8.81. The van der Waals surface area contributed by atoms with E-state index in [1.807, 2.05) is 0 Å². The van der Waals surface area contributed by atoms with Gasteiger partial charge in [0.15, 0.2) is 0 Å². The number of anilines is 9. The molecular weight excluding hydrogens is 703 g/mol. The second kappa shape index (κ2) is 15.1. The van der Waals surface area contributed by atoms with Crippen molar-refractivity contribution in [1.29, 1.82) is 0 Å². The Morgan fingerprint density at radius 3 is 0.879 bits per heavy atom. The molecule has 276 valence electrons. The van der Waals surface area contributed by atoms with Crippen molar-refractivity contribution in [3.8, 4) is 0 Å². The minimum Gasteiger partial charge on any atom is -0.311 e. The first-order valence-electron chi connectivity index (χ1n) is 19.9. The van der Waals surface area contributed by atoms with E-state index >= 15 is 0 Å². The zero-order valence-corrected chi connectivity index (χ0v) is 32.0. The number of hydrogen-bond donors (Lipinski definition) is 0. The van der Waals surface area contributed by atoms with Gasteiger partial charge in [0, 0.05) is 39.8 Å². The van der Waals surface area contributed by atoms with Gasteiger partial charge in [-0.05, 0) is 119 Å². The molecule has 0 atom stereocenters. The molecule has 0 aromatic heterocycles. The zero-order chi connectivity index (χ0) is 38.7. The van der Waals surface area contributed by atoms with Crippen LogP contribution in [-0.2, 0) is 5.41 Å². The van der Waals surface area contributed by atoms with Crippen LogP contribution in [0.2, 0.25) is 0 Å². The standard InChI is InChI=1S/C55H41N3/c1-6-20-44(21-7-1)56(45-22-8-2-9-23-45)49-38-34-42(35-39-49)55(43-36-40-50(41-37-43)57(46-24-10-3-11-25-46)47-26-12-4-13-27-47)51-30-16-18-32-53(51)58(48-28-14-5-15-29-48)54-33-19-17-31-52(54)55/h1-41H. The molecule has 0 fully saturated rings. The molecule has 3 nitrogen and oxygen atoms in total. The smallest absolute Gasteiger partial charge is 0.0742 e. The number of nitrogens with zero attached hydrogens (tertiary/aromatic N) is 3. The molecule has 0 amide bonds. The van der Waals surface area contributed by atoms with Crippen LogP contribution >= 0.6 is 0 Å². The molecule has 0 radical (unpaired) electrons. The summed E-state index contributed by atoms with van der Waals surface area (Å²) < 4.78 is 0. The van der Waals surface area contributed by atoms with Gasteiger partial charge in [-0.3, -0.25) is 0 Å². The highest BCUT2D eigenvalue weighted by Crippen LogP contribution is 2.58. The third-order valence-electron chi connectivity index (χ3n) is 11.3. The fourth-order valence-electron chi connectivity index (χ4n) is 8.81. The molecule has 0 unspecified atom stereocenters. The second-order valence-corrected chi connectivity index (χ2v) is 14.6. The van der Waals surface area contributed by atoms with Crippen LogP contribution in [0.15, 0.2) is 249 Å². The third-order valence-corrected chi connectivity index (χ3v) is 11.3. The summed E-state index contributed by atoms with van der Waals surface area (Å²) in [6, 6.07) is 89.6. The van der Waals surface area contributed by atoms with Gasteiger partial charge in [-0.1, -0.05) is 152 Å². The molecule has 1 aliphatic rings. The van der Waals surface area contributed by atoms with Gasteiger partial charge in [-0.2, -0.15) is 0 Å². The minimum atomic E-state index is -0.649. The van der Waals surface area contributed by atoms with Crippen LogP contribution in [0, 0.1) is 0 Å². The molecule has 1 heterocycles. The van der Waals surface area contributed by atoms with Gasteiger partial charge in [0.1, 0.15) is 0 Å². The lowest BCUT2D eigenvalue weighted by atomic mass is 9.62. The SMILES string of the molecule is c1ccc(N(c2ccccc2)c2ccc(C3(c4ccc(N(c5ccccc5)c5ccccc5)cc4)c4ccccc4N(c4ccccc4)c4ccccc43)cc2)cc1. The van der Waals surface area contributed by atoms with Crippen molar-refractivity contribution in [2.24, 2.45) is 0 Å². The van der Waals surface area contributed by atoms with Gasteiger partial charge in [-0.25, -0.2) is 0 Å². The van der Waals surface area contributed by atoms with E-state index in [1.54, 1.807) is 0 Å². The van der Waals surface area contributed by atoms with Crippen LogP contribution < -0.4 is 14.7 Å². The van der Waals surface area contributed by atoms with Gasteiger partial charge in [0.25, 0.3) is 0 Å². The first kappa shape index (κ1) is 34.8. The summed E-state index contributed by atoms with van der Waals surface area (Å²) >= 11 is 0. The van der Waals surface area contributed by atoms with E-state index in [9.17, 15) is 0 Å². The van der Waals surface area contributed by atoms with E-state index < -0.39 is 5.41 Å². The summed E-state index contributed by atoms with van der Waals surface area (Å²) in [7, 11) is 0. The number of benzene rings is 9. The Morgan fingerprint density at radius 1 is 0.259 bits per heavy atom. The molecule has 3 heteroatoms. The van der Waals surface area contributed by atoms with Crippen LogP contribution in [-0.4, -0.2) is 0 Å². The zero-order valence-electron chi connectivity index (χ0n) is 32.0. The number of para-hydroxylation sites is 7. The van der Waals surface area contributed by atoms with Gasteiger partial charge in [-0.15, -0.1) is 0 Å². The molecule has 0 spiro atoms. The number of fused-ring (bicyclic) bond motifs is 2. The predicted molar refractivity (Wildman–Crippen MR) is 242 cm³/mol. The van der Waals surface area contributed by atoms with E-state index in [1.165, 1.54) is 22.3 Å². The van der Waals surface area contributed by atoms with Gasteiger partial charge >= 0.3 is 0 Å². The molecule has 1 aliphatic heterocycles. The van der Waals surface area contributed by atoms with Crippen molar-refractivity contribution in [2.45, 2.75) is 5.41 Å². The van der Waals surface area contributed by atoms with Crippen LogP contribution in [0.1, 0.15) is 22.3 Å². The van der Waals surface area contributed by atoms with Crippen molar-refractivity contribution < 1.29 is 0 Å². The first-order valence-corrected chi connectivity index (χ1v) is 19.9. The Hall–Kier alpha value is -7.62. The maximum Gasteiger partial charge on any atom is 0.0742 e. The van der Waals surface area contributed by atoms with E-state index in [0.717, 1.165) is 51.2 Å². The quantitative estimate of drug-likeness (QED) is 0.146. The summed E-state index contributed by atoms with van der Waals surface area (Å²) in [6.07, 6.45) is 0. The third kappa shape index (κ3) is 6.01. The lowest BCUT2D eigenvalue weighted by Gasteiger charge is -2.46. The predicted octanol–water partition coefficient (Wildman–Crippen LogP) is 14.8. The maximum atomic E-state index is 2.42. The molecule has 10 rings (SSSR count). The largest absolute Gasteiger partial charge is 0.311 e. The summed E-state index contributed by atoms with van der Waals surface area (Å²) in [5, 5.41) is 0. The number of rotatable bonds is 9. The average molecular weight is 744 g/mol. The van der Waals surface area contributed by atoms with Gasteiger partial charge in [0.2, 0.25) is 0 Å². The van der Waals surface area contributed by atoms with Crippen LogP contribution in [0.3, 0.4) is 0 Å². The van der Waals surface area contributed by atoms with E-state index in [-0.39, 0.29) is 0 Å². The van der Waals surface area contributed by atoms with E-state index in [4.69, 9.17) is 0 Å². The maximum absolute atomic E-state index is 2.42. The van der Waals surface area contributed by atoms with Crippen molar-refractivity contribution in [2.75, 3.05) is 14.7 Å². The normalized spacial score (nSPS) is 12.6. The van der Waals surface area contributed by atoms with Crippen molar-refractivity contribution in [3.63, 3.8) is 0 Å². The second-order valence-electron chi connectivity index (χ2n) is 14.6. The fraction of sp³-hybridized carbons (Fsp3) is 0.0182. The van der Waals surface area contributed by atoms with E-state index in [2.05, 4.69) is 263 Å². The lowest BCUT2D eigenvalue weighted by Crippen LogP contribution is -2.37. The lowest BCUT2D eigenvalue weighted by molar-refractivity contribution is 0.731. The van der Waals surface area contributed by atoms with Crippen LogP contribution in [0.25, 0.3) is 0 Å². The van der Waals surface area contributed by atoms with E-state index in [0.29, 0.717) is 0 Å². The Kier molecular flexibility index (Phi) is 9.09. The molecule has 0 saturated heterocycles. The molecule has 58 heavy (non-hydrogen) atoms. The van der Waals surface area contributed by atoms with Gasteiger partial charge in [0.05, 0.1) is 16.8 Å². The highest BCUT2D eigenvalue weighted by atomic mass is 15.2. The molecule has 9 aromatic rings. The Labute approximate surface area is 341 Å². The molecule has 9 aromatic carbocycles. The average Bonchev–Trinajstić information content (AvgIpc) is 3.31. The first-order chi connectivity index (χ1) is 28.8. The highest BCUT2D eigenvalue weighted by Gasteiger charge is 2.46. The van der Waals surface area contributed by atoms with Crippen molar-refractivity contribution in [1.82, 2.24) is 0 Å². The monoisotopic (exact) mass is 743 g/mol. The Balaban J connectivity index is 1.20. The molecular formula is C55H41N3. The Bertz CT molecular complexity index is 2500. The summed E-state index contributed by atoms with van der Waals surface area (Å²) in [6.45, 7) is 0. The van der Waals surface area contributed by atoms with Crippen molar-refractivity contribution >= 4 is 51.2 Å².